The molecule has 28 heavy (non-hydrogen) atoms. The zero-order valence-electron chi connectivity index (χ0n) is 14.9. The number of non-ortho nitro benzene ring substituents is 1. The minimum Gasteiger partial charge on any atom is -0.544 e. The topological polar surface area (TPSA) is 130 Å². The van der Waals surface area contributed by atoms with E-state index in [1.807, 2.05) is 6.92 Å². The van der Waals surface area contributed by atoms with E-state index in [1.54, 1.807) is 35.0 Å². The van der Waals surface area contributed by atoms with E-state index in [4.69, 9.17) is 0 Å². The Morgan fingerprint density at radius 3 is 2.89 bits per heavy atom. The number of carbonyl (C=O) groups excluding carboxylic acids is 1. The van der Waals surface area contributed by atoms with Gasteiger partial charge in [0.05, 0.1) is 16.6 Å². The molecule has 1 N–H and O–H groups in total. The Kier molecular flexibility index (Phi) is 5.90. The molecule has 0 aliphatic heterocycles. The quantitative estimate of drug-likeness (QED) is 0.267. The predicted octanol–water partition coefficient (Wildman–Crippen LogP) is 2.34. The van der Waals surface area contributed by atoms with Gasteiger partial charge in [0.25, 0.3) is 5.69 Å². The van der Waals surface area contributed by atoms with Crippen LogP contribution in [0.1, 0.15) is 24.9 Å². The van der Waals surface area contributed by atoms with Crippen LogP contribution >= 0.6 is 11.8 Å². The van der Waals surface area contributed by atoms with Crippen LogP contribution in [0.2, 0.25) is 0 Å². The van der Waals surface area contributed by atoms with E-state index < -0.39 is 10.9 Å². The van der Waals surface area contributed by atoms with Crippen molar-refractivity contribution in [2.24, 2.45) is 0 Å². The van der Waals surface area contributed by atoms with Crippen LogP contribution in [-0.2, 0) is 11.2 Å². The summed E-state index contributed by atoms with van der Waals surface area (Å²) in [7, 11) is 0. The van der Waals surface area contributed by atoms with E-state index in [0.717, 1.165) is 18.2 Å². The normalized spacial score (nSPS) is 11.5. The maximum Gasteiger partial charge on any atom is 0.271 e. The van der Waals surface area contributed by atoms with Gasteiger partial charge < -0.3 is 14.5 Å². The molecule has 0 amide bonds. The van der Waals surface area contributed by atoms with Crippen molar-refractivity contribution in [3.8, 4) is 5.69 Å². The minimum atomic E-state index is -1.36. The Bertz CT molecular complexity index is 1040. The fraction of sp³-hybridized carbons (Fsp3) is 0.167. The second kappa shape index (κ2) is 8.53. The molecule has 9 nitrogen and oxygen atoms in total. The zero-order chi connectivity index (χ0) is 20.1. The first-order valence-electron chi connectivity index (χ1n) is 8.42. The number of nitrogens with one attached hydrogen (secondary N) is 1. The van der Waals surface area contributed by atoms with E-state index in [-0.39, 0.29) is 15.7 Å². The SMILES string of the molecule is CCCc1nc(S/C(=C\c2cccn2-c2cccc([N+](=O)[O-])c2)C(=O)[O-])n[nH]1. The average molecular weight is 398 g/mol. The molecule has 0 saturated heterocycles. The van der Waals surface area contributed by atoms with Crippen molar-refractivity contribution in [3.63, 3.8) is 0 Å². The standard InChI is InChI=1S/C18H17N5O4S/c1-2-5-16-19-18(21-20-16)28-15(17(24)25)11-13-8-4-9-22(13)12-6-3-7-14(10-12)23(26)27/h3-4,6-11H,2,5H2,1H3,(H,24,25)(H,19,20,21)/p-1/b15-11-. The van der Waals surface area contributed by atoms with Crippen molar-refractivity contribution < 1.29 is 14.8 Å². The van der Waals surface area contributed by atoms with Crippen molar-refractivity contribution >= 4 is 29.5 Å². The molecule has 2 heterocycles. The highest BCUT2D eigenvalue weighted by molar-refractivity contribution is 8.04. The van der Waals surface area contributed by atoms with Crippen molar-refractivity contribution in [2.75, 3.05) is 0 Å². The molecule has 0 saturated carbocycles. The van der Waals surface area contributed by atoms with Crippen LogP contribution in [0, 0.1) is 10.1 Å². The van der Waals surface area contributed by atoms with Gasteiger partial charge in [0.1, 0.15) is 5.82 Å². The van der Waals surface area contributed by atoms with Gasteiger partial charge in [0, 0.05) is 35.3 Å². The molecule has 0 radical (unpaired) electrons. The number of hydrogen-bond acceptors (Lipinski definition) is 7. The van der Waals surface area contributed by atoms with E-state index in [1.165, 1.54) is 18.2 Å². The summed E-state index contributed by atoms with van der Waals surface area (Å²) < 4.78 is 1.65. The molecule has 2 aromatic heterocycles. The van der Waals surface area contributed by atoms with E-state index in [9.17, 15) is 20.0 Å². The summed E-state index contributed by atoms with van der Waals surface area (Å²) in [6, 6.07) is 9.48. The van der Waals surface area contributed by atoms with E-state index in [2.05, 4.69) is 15.2 Å². The smallest absolute Gasteiger partial charge is 0.271 e. The van der Waals surface area contributed by atoms with Gasteiger partial charge in [-0.15, -0.1) is 5.10 Å². The predicted molar refractivity (Wildman–Crippen MR) is 102 cm³/mol. The summed E-state index contributed by atoms with van der Waals surface area (Å²) in [6.45, 7) is 2.00. The molecule has 0 aliphatic carbocycles. The summed E-state index contributed by atoms with van der Waals surface area (Å²) in [5.74, 6) is -0.679. The molecule has 0 unspecified atom stereocenters. The lowest BCUT2D eigenvalue weighted by Gasteiger charge is -2.09. The van der Waals surface area contributed by atoms with Crippen molar-refractivity contribution in [1.29, 1.82) is 0 Å². The summed E-state index contributed by atoms with van der Waals surface area (Å²) in [5, 5.41) is 29.7. The molecule has 0 bridgehead atoms. The number of nitro groups is 1. The largest absolute Gasteiger partial charge is 0.544 e. The van der Waals surface area contributed by atoms with E-state index >= 15 is 0 Å². The number of aryl methyl sites for hydroxylation is 1. The van der Waals surface area contributed by atoms with Gasteiger partial charge in [0.2, 0.25) is 5.16 Å². The number of hydrogen-bond donors (Lipinski definition) is 1. The lowest BCUT2D eigenvalue weighted by molar-refractivity contribution is -0.384. The second-order valence-corrected chi connectivity index (χ2v) is 6.80. The van der Waals surface area contributed by atoms with Crippen LogP contribution in [0.4, 0.5) is 5.69 Å². The van der Waals surface area contributed by atoms with Gasteiger partial charge in [-0.2, -0.15) is 0 Å². The summed E-state index contributed by atoms with van der Waals surface area (Å²) in [5.41, 5.74) is 1.01. The Hall–Kier alpha value is -3.40. The first-order chi connectivity index (χ1) is 13.5. The summed E-state index contributed by atoms with van der Waals surface area (Å²) in [6.07, 6.45) is 4.72. The number of nitro benzene ring substituents is 1. The molecule has 0 aliphatic rings. The van der Waals surface area contributed by atoms with Gasteiger partial charge in [-0.3, -0.25) is 15.2 Å². The molecular weight excluding hydrogens is 382 g/mol. The Morgan fingerprint density at radius 2 is 2.18 bits per heavy atom. The monoisotopic (exact) mass is 398 g/mol. The third kappa shape index (κ3) is 4.46. The summed E-state index contributed by atoms with van der Waals surface area (Å²) in [4.78, 5) is 26.3. The lowest BCUT2D eigenvalue weighted by atomic mass is 10.2. The maximum atomic E-state index is 11.6. The third-order valence-corrected chi connectivity index (χ3v) is 4.65. The van der Waals surface area contributed by atoms with Crippen LogP contribution in [-0.4, -0.2) is 30.6 Å². The number of aromatic nitrogens is 4. The Labute approximate surface area is 164 Å². The first kappa shape index (κ1) is 19.4. The van der Waals surface area contributed by atoms with E-state index in [0.29, 0.717) is 23.6 Å². The molecule has 0 atom stereocenters. The van der Waals surface area contributed by atoms with Gasteiger partial charge in [0.15, 0.2) is 0 Å². The van der Waals surface area contributed by atoms with Crippen molar-refractivity contribution in [3.05, 3.63) is 69.1 Å². The van der Waals surface area contributed by atoms with Crippen LogP contribution in [0.15, 0.2) is 52.7 Å². The summed E-state index contributed by atoms with van der Waals surface area (Å²) >= 11 is 0.878. The van der Waals surface area contributed by atoms with Crippen LogP contribution in [0.5, 0.6) is 0 Å². The number of H-pyrrole nitrogens is 1. The highest BCUT2D eigenvalue weighted by Crippen LogP contribution is 2.27. The van der Waals surface area contributed by atoms with Gasteiger partial charge in [-0.25, -0.2) is 4.98 Å². The number of thioether (sulfide) groups is 1. The molecule has 3 rings (SSSR count). The number of rotatable bonds is 8. The minimum absolute atomic E-state index is 0.0557. The lowest BCUT2D eigenvalue weighted by Crippen LogP contribution is -2.23. The number of carboxylic acids is 1. The number of nitrogens with zero attached hydrogens (tertiary/aromatic N) is 4. The van der Waals surface area contributed by atoms with Crippen LogP contribution in [0.25, 0.3) is 11.8 Å². The molecule has 144 valence electrons. The third-order valence-electron chi connectivity index (χ3n) is 3.78. The molecule has 0 spiro atoms. The molecular formula is C18H16N5O4S-. The zero-order valence-corrected chi connectivity index (χ0v) is 15.7. The van der Waals surface area contributed by atoms with Gasteiger partial charge in [-0.1, -0.05) is 13.0 Å². The molecule has 1 aromatic carbocycles. The first-order valence-corrected chi connectivity index (χ1v) is 9.24. The highest BCUT2D eigenvalue weighted by Gasteiger charge is 2.12. The van der Waals surface area contributed by atoms with Crippen LogP contribution in [0.3, 0.4) is 0 Å². The maximum absolute atomic E-state index is 11.6. The number of benzene rings is 1. The van der Waals surface area contributed by atoms with Crippen LogP contribution < -0.4 is 5.11 Å². The van der Waals surface area contributed by atoms with Gasteiger partial charge >= 0.3 is 0 Å². The number of aliphatic carboxylic acids is 1. The second-order valence-electron chi connectivity index (χ2n) is 5.79. The fourth-order valence-corrected chi connectivity index (χ4v) is 3.24. The van der Waals surface area contributed by atoms with Crippen molar-refractivity contribution in [1.82, 2.24) is 19.7 Å². The van der Waals surface area contributed by atoms with Crippen molar-refractivity contribution in [2.45, 2.75) is 24.9 Å². The highest BCUT2D eigenvalue weighted by atomic mass is 32.2. The fourth-order valence-electron chi connectivity index (χ4n) is 2.54. The Balaban J connectivity index is 1.92. The molecule has 3 aromatic rings. The number of aromatic amines is 1. The number of carboxylic acid groups (broad SMARTS) is 1. The Morgan fingerprint density at radius 1 is 1.36 bits per heavy atom. The average Bonchev–Trinajstić information content (AvgIpc) is 3.31. The molecule has 0 fully saturated rings. The van der Waals surface area contributed by atoms with Gasteiger partial charge in [-0.05, 0) is 42.5 Å². The number of carbonyl (C=O) groups is 1. The molecule has 10 heteroatoms.